The minimum absolute atomic E-state index is 0.791. The second-order valence-corrected chi connectivity index (χ2v) is 3.13. The van der Waals surface area contributed by atoms with Crippen LogP contribution in [0.2, 0.25) is 0 Å². The predicted molar refractivity (Wildman–Crippen MR) is 60.8 cm³/mol. The summed E-state index contributed by atoms with van der Waals surface area (Å²) >= 11 is 0. The highest BCUT2D eigenvalue weighted by molar-refractivity contribution is 5.79. The van der Waals surface area contributed by atoms with Crippen molar-refractivity contribution in [1.29, 1.82) is 0 Å². The van der Waals surface area contributed by atoms with Crippen LogP contribution >= 0.6 is 0 Å². The van der Waals surface area contributed by atoms with Crippen molar-refractivity contribution in [2.24, 2.45) is 4.99 Å². The first-order valence-corrected chi connectivity index (χ1v) is 5.28. The van der Waals surface area contributed by atoms with Crippen molar-refractivity contribution < 1.29 is 4.74 Å². The Morgan fingerprint density at radius 1 is 1.21 bits per heavy atom. The van der Waals surface area contributed by atoms with Gasteiger partial charge in [0.15, 0.2) is 5.96 Å². The molecule has 0 aromatic carbocycles. The molecule has 0 unspecified atom stereocenters. The molecule has 84 valence electrons. The lowest BCUT2D eigenvalue weighted by molar-refractivity contribution is 0.195. The molecule has 0 aliphatic carbocycles. The number of hydrogen-bond acceptors (Lipinski definition) is 2. The summed E-state index contributed by atoms with van der Waals surface area (Å²) in [5.74, 6) is 0.884. The molecule has 0 spiro atoms. The SMILES string of the molecule is CCCCNC(=NC)NCCCOC. The third-order valence-corrected chi connectivity index (χ3v) is 1.86. The van der Waals surface area contributed by atoms with Crippen LogP contribution in [0.25, 0.3) is 0 Å². The fraction of sp³-hybridized carbons (Fsp3) is 0.900. The molecule has 0 radical (unpaired) electrons. The van der Waals surface area contributed by atoms with Crippen LogP contribution in [0.1, 0.15) is 26.2 Å². The fourth-order valence-electron chi connectivity index (χ4n) is 1.03. The van der Waals surface area contributed by atoms with Crippen molar-refractivity contribution in [1.82, 2.24) is 10.6 Å². The van der Waals surface area contributed by atoms with E-state index in [1.54, 1.807) is 14.2 Å². The van der Waals surface area contributed by atoms with E-state index in [1.807, 2.05) is 0 Å². The lowest BCUT2D eigenvalue weighted by Gasteiger charge is -2.10. The molecule has 2 N–H and O–H groups in total. The Morgan fingerprint density at radius 3 is 2.36 bits per heavy atom. The molecule has 0 fully saturated rings. The van der Waals surface area contributed by atoms with E-state index in [0.29, 0.717) is 0 Å². The molecular weight excluding hydrogens is 178 g/mol. The first kappa shape index (κ1) is 13.2. The van der Waals surface area contributed by atoms with Gasteiger partial charge in [0, 0.05) is 33.9 Å². The van der Waals surface area contributed by atoms with Gasteiger partial charge in [-0.1, -0.05) is 13.3 Å². The maximum absolute atomic E-state index is 4.96. The van der Waals surface area contributed by atoms with Crippen molar-refractivity contribution >= 4 is 5.96 Å². The normalized spacial score (nSPS) is 11.5. The molecule has 0 aliphatic heterocycles. The summed E-state index contributed by atoms with van der Waals surface area (Å²) in [5, 5.41) is 6.47. The molecule has 0 bridgehead atoms. The molecule has 0 aromatic heterocycles. The molecule has 0 heterocycles. The van der Waals surface area contributed by atoms with Crippen LogP contribution in [-0.2, 0) is 4.74 Å². The zero-order valence-electron chi connectivity index (χ0n) is 9.60. The maximum Gasteiger partial charge on any atom is 0.190 e. The average Bonchev–Trinajstić information content (AvgIpc) is 2.22. The molecule has 14 heavy (non-hydrogen) atoms. The number of guanidine groups is 1. The standard InChI is InChI=1S/C10H23N3O/c1-4-5-7-12-10(11-2)13-8-6-9-14-3/h4-9H2,1-3H3,(H2,11,12,13). The monoisotopic (exact) mass is 201 g/mol. The van der Waals surface area contributed by atoms with E-state index in [2.05, 4.69) is 22.5 Å². The third kappa shape index (κ3) is 7.86. The van der Waals surface area contributed by atoms with Gasteiger partial charge in [-0.05, 0) is 12.8 Å². The number of aliphatic imine (C=N–C) groups is 1. The lowest BCUT2D eigenvalue weighted by Crippen LogP contribution is -2.38. The smallest absolute Gasteiger partial charge is 0.190 e. The lowest BCUT2D eigenvalue weighted by atomic mass is 10.3. The molecule has 0 rings (SSSR count). The second kappa shape index (κ2) is 10.3. The number of ether oxygens (including phenoxy) is 1. The van der Waals surface area contributed by atoms with Crippen molar-refractivity contribution in [3.63, 3.8) is 0 Å². The van der Waals surface area contributed by atoms with E-state index in [-0.39, 0.29) is 0 Å². The number of rotatable bonds is 7. The minimum atomic E-state index is 0.791. The summed E-state index contributed by atoms with van der Waals surface area (Å²) in [4.78, 5) is 4.11. The van der Waals surface area contributed by atoms with Crippen LogP contribution in [0.5, 0.6) is 0 Å². The third-order valence-electron chi connectivity index (χ3n) is 1.86. The minimum Gasteiger partial charge on any atom is -0.385 e. The highest BCUT2D eigenvalue weighted by atomic mass is 16.5. The molecule has 0 aromatic rings. The van der Waals surface area contributed by atoms with Gasteiger partial charge in [-0.3, -0.25) is 4.99 Å². The van der Waals surface area contributed by atoms with E-state index < -0.39 is 0 Å². The molecule has 0 aliphatic rings. The summed E-state index contributed by atoms with van der Waals surface area (Å²) in [6, 6.07) is 0. The van der Waals surface area contributed by atoms with Gasteiger partial charge in [0.25, 0.3) is 0 Å². The molecule has 4 heteroatoms. The molecule has 0 saturated heterocycles. The van der Waals surface area contributed by atoms with Gasteiger partial charge in [-0.15, -0.1) is 0 Å². The summed E-state index contributed by atoms with van der Waals surface area (Å²) in [6.45, 7) is 4.86. The van der Waals surface area contributed by atoms with Gasteiger partial charge < -0.3 is 15.4 Å². The van der Waals surface area contributed by atoms with Crippen LogP contribution in [0.3, 0.4) is 0 Å². The molecular formula is C10H23N3O. The van der Waals surface area contributed by atoms with Gasteiger partial charge in [0.1, 0.15) is 0 Å². The first-order chi connectivity index (χ1) is 6.85. The van der Waals surface area contributed by atoms with Crippen molar-refractivity contribution in [2.75, 3.05) is 33.9 Å². The number of unbranched alkanes of at least 4 members (excludes halogenated alkanes) is 1. The van der Waals surface area contributed by atoms with Gasteiger partial charge in [-0.2, -0.15) is 0 Å². The van der Waals surface area contributed by atoms with Crippen LogP contribution in [-0.4, -0.2) is 39.8 Å². The molecule has 4 nitrogen and oxygen atoms in total. The van der Waals surface area contributed by atoms with E-state index in [1.165, 1.54) is 12.8 Å². The zero-order chi connectivity index (χ0) is 10.6. The van der Waals surface area contributed by atoms with Crippen LogP contribution in [0.15, 0.2) is 4.99 Å². The van der Waals surface area contributed by atoms with Crippen molar-refractivity contribution in [3.8, 4) is 0 Å². The van der Waals surface area contributed by atoms with E-state index >= 15 is 0 Å². The Balaban J connectivity index is 3.39. The fourth-order valence-corrected chi connectivity index (χ4v) is 1.03. The molecule has 0 atom stereocenters. The highest BCUT2D eigenvalue weighted by Gasteiger charge is 1.94. The van der Waals surface area contributed by atoms with Crippen molar-refractivity contribution in [3.05, 3.63) is 0 Å². The number of nitrogens with zero attached hydrogens (tertiary/aromatic N) is 1. The van der Waals surface area contributed by atoms with Gasteiger partial charge in [0.05, 0.1) is 0 Å². The molecule has 0 saturated carbocycles. The van der Waals surface area contributed by atoms with Crippen LogP contribution in [0.4, 0.5) is 0 Å². The van der Waals surface area contributed by atoms with Gasteiger partial charge in [0.2, 0.25) is 0 Å². The van der Waals surface area contributed by atoms with Crippen LogP contribution < -0.4 is 10.6 Å². The average molecular weight is 201 g/mol. The van der Waals surface area contributed by atoms with E-state index in [9.17, 15) is 0 Å². The Kier molecular flexibility index (Phi) is 9.74. The molecule has 0 amide bonds. The Labute approximate surface area is 87.1 Å². The summed E-state index contributed by atoms with van der Waals surface area (Å²) < 4.78 is 4.96. The Morgan fingerprint density at radius 2 is 1.86 bits per heavy atom. The first-order valence-electron chi connectivity index (χ1n) is 5.28. The maximum atomic E-state index is 4.96. The Hall–Kier alpha value is -0.770. The summed E-state index contributed by atoms with van der Waals surface area (Å²) in [7, 11) is 3.51. The van der Waals surface area contributed by atoms with Gasteiger partial charge in [-0.25, -0.2) is 0 Å². The zero-order valence-corrected chi connectivity index (χ0v) is 9.60. The van der Waals surface area contributed by atoms with Gasteiger partial charge >= 0.3 is 0 Å². The number of methoxy groups -OCH3 is 1. The summed E-state index contributed by atoms with van der Waals surface area (Å²) in [5.41, 5.74) is 0. The highest BCUT2D eigenvalue weighted by Crippen LogP contribution is 1.83. The van der Waals surface area contributed by atoms with Crippen LogP contribution in [0, 0.1) is 0 Å². The van der Waals surface area contributed by atoms with E-state index in [0.717, 1.165) is 32.1 Å². The quantitative estimate of drug-likeness (QED) is 0.367. The number of nitrogens with one attached hydrogen (secondary N) is 2. The topological polar surface area (TPSA) is 45.7 Å². The number of hydrogen-bond donors (Lipinski definition) is 2. The predicted octanol–water partition coefficient (Wildman–Crippen LogP) is 0.988. The second-order valence-electron chi connectivity index (χ2n) is 3.13. The largest absolute Gasteiger partial charge is 0.385 e. The van der Waals surface area contributed by atoms with Crippen molar-refractivity contribution in [2.45, 2.75) is 26.2 Å². The summed E-state index contributed by atoms with van der Waals surface area (Å²) in [6.07, 6.45) is 3.39. The van der Waals surface area contributed by atoms with E-state index in [4.69, 9.17) is 4.74 Å². The Bertz CT molecular complexity index is 148.